The van der Waals surface area contributed by atoms with Gasteiger partial charge in [0, 0.05) is 12.7 Å². The lowest BCUT2D eigenvalue weighted by Gasteiger charge is -2.18. The molecule has 0 bridgehead atoms. The third-order valence-electron chi connectivity index (χ3n) is 3.61. The minimum Gasteiger partial charge on any atom is -0.497 e. The Balaban J connectivity index is 1.86. The van der Waals surface area contributed by atoms with E-state index in [9.17, 15) is 4.79 Å². The van der Waals surface area contributed by atoms with Gasteiger partial charge in [0.15, 0.2) is 5.65 Å². The van der Waals surface area contributed by atoms with Crippen molar-refractivity contribution >= 4 is 11.6 Å². The van der Waals surface area contributed by atoms with E-state index in [2.05, 4.69) is 15.5 Å². The molecule has 0 aliphatic rings. The van der Waals surface area contributed by atoms with Crippen LogP contribution in [0.2, 0.25) is 0 Å². The number of hydrogen-bond donors (Lipinski definition) is 2. The molecular formula is C16H17N5O2. The second kappa shape index (κ2) is 6.45. The molecule has 118 valence electrons. The van der Waals surface area contributed by atoms with Crippen molar-refractivity contribution in [2.45, 2.75) is 6.04 Å². The largest absolute Gasteiger partial charge is 0.497 e. The molecule has 1 atom stereocenters. The Morgan fingerprint density at radius 1 is 1.39 bits per heavy atom. The quantitative estimate of drug-likeness (QED) is 0.737. The van der Waals surface area contributed by atoms with Gasteiger partial charge in [0.2, 0.25) is 0 Å². The van der Waals surface area contributed by atoms with E-state index in [-0.39, 0.29) is 18.5 Å². The topological polar surface area (TPSA) is 94.5 Å². The fourth-order valence-electron chi connectivity index (χ4n) is 2.40. The smallest absolute Gasteiger partial charge is 0.255 e. The summed E-state index contributed by atoms with van der Waals surface area (Å²) in [5, 5.41) is 10.7. The van der Waals surface area contributed by atoms with Crippen LogP contribution in [-0.2, 0) is 0 Å². The summed E-state index contributed by atoms with van der Waals surface area (Å²) in [6.07, 6.45) is 3.34. The molecule has 0 saturated heterocycles. The van der Waals surface area contributed by atoms with Crippen LogP contribution in [0.5, 0.6) is 5.75 Å². The molecule has 1 aromatic carbocycles. The van der Waals surface area contributed by atoms with Crippen LogP contribution in [0.15, 0.2) is 48.9 Å². The number of carbonyl (C=O) groups is 1. The highest BCUT2D eigenvalue weighted by Gasteiger charge is 2.17. The summed E-state index contributed by atoms with van der Waals surface area (Å²) < 4.78 is 6.90. The van der Waals surface area contributed by atoms with Gasteiger partial charge in [0.25, 0.3) is 5.91 Å². The number of nitrogens with one attached hydrogen (secondary N) is 1. The van der Waals surface area contributed by atoms with Crippen molar-refractivity contribution < 1.29 is 9.53 Å². The number of fused-ring (bicyclic) bond motifs is 1. The van der Waals surface area contributed by atoms with Gasteiger partial charge in [-0.05, 0) is 29.8 Å². The zero-order chi connectivity index (χ0) is 16.2. The summed E-state index contributed by atoms with van der Waals surface area (Å²) in [4.78, 5) is 12.6. The van der Waals surface area contributed by atoms with E-state index < -0.39 is 0 Å². The van der Waals surface area contributed by atoms with Crippen LogP contribution < -0.4 is 15.8 Å². The van der Waals surface area contributed by atoms with E-state index >= 15 is 0 Å². The summed E-state index contributed by atoms with van der Waals surface area (Å²) in [5.74, 6) is 0.469. The number of hydrogen-bond acceptors (Lipinski definition) is 5. The molecule has 2 heterocycles. The minimum absolute atomic E-state index is 0.248. The third kappa shape index (κ3) is 3.00. The third-order valence-corrected chi connectivity index (χ3v) is 3.61. The average Bonchev–Trinajstić information content (AvgIpc) is 3.08. The Morgan fingerprint density at radius 2 is 2.26 bits per heavy atom. The van der Waals surface area contributed by atoms with E-state index in [1.165, 1.54) is 0 Å². The van der Waals surface area contributed by atoms with Crippen molar-refractivity contribution in [3.8, 4) is 5.75 Å². The zero-order valence-electron chi connectivity index (χ0n) is 12.6. The number of rotatable bonds is 5. The molecule has 3 aromatic rings. The molecule has 0 aliphatic carbocycles. The first-order valence-corrected chi connectivity index (χ1v) is 7.16. The van der Waals surface area contributed by atoms with Gasteiger partial charge >= 0.3 is 0 Å². The maximum atomic E-state index is 12.6. The van der Waals surface area contributed by atoms with Crippen LogP contribution in [0.25, 0.3) is 5.65 Å². The lowest BCUT2D eigenvalue weighted by Crippen LogP contribution is -2.33. The number of carbonyl (C=O) groups excluding carboxylic acids is 1. The SMILES string of the molecule is COc1cccc(C(CN)NC(=O)c2cccn3cnnc23)c1. The zero-order valence-corrected chi connectivity index (χ0v) is 12.6. The van der Waals surface area contributed by atoms with Gasteiger partial charge in [-0.25, -0.2) is 0 Å². The number of nitrogens with two attached hydrogens (primary N) is 1. The fourth-order valence-corrected chi connectivity index (χ4v) is 2.40. The Hall–Kier alpha value is -2.93. The Kier molecular flexibility index (Phi) is 4.20. The highest BCUT2D eigenvalue weighted by atomic mass is 16.5. The summed E-state index contributed by atoms with van der Waals surface area (Å²) in [7, 11) is 1.60. The van der Waals surface area contributed by atoms with E-state index in [1.54, 1.807) is 36.2 Å². The van der Waals surface area contributed by atoms with Gasteiger partial charge in [-0.3, -0.25) is 9.20 Å². The van der Waals surface area contributed by atoms with Crippen LogP contribution >= 0.6 is 0 Å². The number of aromatic nitrogens is 3. The summed E-state index contributed by atoms with van der Waals surface area (Å²) in [6, 6.07) is 10.6. The van der Waals surface area contributed by atoms with Crippen LogP contribution in [0.3, 0.4) is 0 Å². The average molecular weight is 311 g/mol. The molecule has 23 heavy (non-hydrogen) atoms. The van der Waals surface area contributed by atoms with E-state index in [0.29, 0.717) is 11.2 Å². The Bertz CT molecular complexity index is 830. The molecule has 0 fully saturated rings. The Labute approximate surface area is 133 Å². The lowest BCUT2D eigenvalue weighted by molar-refractivity contribution is 0.0939. The molecule has 3 N–H and O–H groups in total. The fraction of sp³-hybridized carbons (Fsp3) is 0.188. The highest BCUT2D eigenvalue weighted by molar-refractivity contribution is 5.99. The van der Waals surface area contributed by atoms with Crippen molar-refractivity contribution in [2.24, 2.45) is 5.73 Å². The maximum absolute atomic E-state index is 12.6. The van der Waals surface area contributed by atoms with Crippen molar-refractivity contribution in [2.75, 3.05) is 13.7 Å². The number of methoxy groups -OCH3 is 1. The van der Waals surface area contributed by atoms with Gasteiger partial charge in [0.05, 0.1) is 18.7 Å². The first-order chi connectivity index (χ1) is 11.2. The predicted octanol–water partition coefficient (Wildman–Crippen LogP) is 1.17. The van der Waals surface area contributed by atoms with Gasteiger partial charge in [-0.15, -0.1) is 10.2 Å². The van der Waals surface area contributed by atoms with Gasteiger partial charge in [-0.2, -0.15) is 0 Å². The number of ether oxygens (including phenoxy) is 1. The van der Waals surface area contributed by atoms with Gasteiger partial charge in [-0.1, -0.05) is 12.1 Å². The summed E-state index contributed by atoms with van der Waals surface area (Å²) in [6.45, 7) is 0.273. The molecule has 7 heteroatoms. The number of benzene rings is 1. The molecule has 7 nitrogen and oxygen atoms in total. The molecule has 2 aromatic heterocycles. The van der Waals surface area contributed by atoms with Gasteiger partial charge in [0.1, 0.15) is 12.1 Å². The monoisotopic (exact) mass is 311 g/mol. The normalized spacial score (nSPS) is 12.1. The lowest BCUT2D eigenvalue weighted by atomic mass is 10.1. The van der Waals surface area contributed by atoms with E-state index in [4.69, 9.17) is 10.5 Å². The molecule has 3 rings (SSSR count). The number of amides is 1. The van der Waals surface area contributed by atoms with E-state index in [0.717, 1.165) is 11.3 Å². The van der Waals surface area contributed by atoms with Crippen molar-refractivity contribution in [1.29, 1.82) is 0 Å². The predicted molar refractivity (Wildman–Crippen MR) is 85.2 cm³/mol. The van der Waals surface area contributed by atoms with Gasteiger partial charge < -0.3 is 15.8 Å². The minimum atomic E-state index is -0.319. The first kappa shape index (κ1) is 15.0. The molecule has 1 unspecified atom stereocenters. The van der Waals surface area contributed by atoms with Crippen molar-refractivity contribution in [3.05, 3.63) is 60.0 Å². The van der Waals surface area contributed by atoms with Crippen molar-refractivity contribution in [3.63, 3.8) is 0 Å². The van der Waals surface area contributed by atoms with Crippen LogP contribution in [0, 0.1) is 0 Å². The number of pyridine rings is 1. The van der Waals surface area contributed by atoms with E-state index in [1.807, 2.05) is 24.3 Å². The maximum Gasteiger partial charge on any atom is 0.255 e. The first-order valence-electron chi connectivity index (χ1n) is 7.16. The van der Waals surface area contributed by atoms with Crippen LogP contribution in [0.4, 0.5) is 0 Å². The standard InChI is InChI=1S/C16H17N5O2/c1-23-12-5-2-4-11(8-12)14(9-17)19-16(22)13-6-3-7-21-10-18-20-15(13)21/h2-8,10,14H,9,17H2,1H3,(H,19,22). The molecule has 1 amide bonds. The summed E-state index contributed by atoms with van der Waals surface area (Å²) >= 11 is 0. The second-order valence-electron chi connectivity index (χ2n) is 5.02. The van der Waals surface area contributed by atoms with Crippen LogP contribution in [0.1, 0.15) is 22.0 Å². The van der Waals surface area contributed by atoms with Crippen LogP contribution in [-0.4, -0.2) is 34.2 Å². The second-order valence-corrected chi connectivity index (χ2v) is 5.02. The molecule has 0 spiro atoms. The molecule has 0 aliphatic heterocycles. The Morgan fingerprint density at radius 3 is 3.04 bits per heavy atom. The summed E-state index contributed by atoms with van der Waals surface area (Å²) in [5.41, 5.74) is 7.67. The number of nitrogens with zero attached hydrogens (tertiary/aromatic N) is 3. The molecule has 0 radical (unpaired) electrons. The molecular weight excluding hydrogens is 294 g/mol. The highest BCUT2D eigenvalue weighted by Crippen LogP contribution is 2.19. The molecule has 0 saturated carbocycles. The van der Waals surface area contributed by atoms with Crippen molar-refractivity contribution in [1.82, 2.24) is 19.9 Å².